The molecule has 6 nitrogen and oxygen atoms in total. The van der Waals surface area contributed by atoms with Gasteiger partial charge in [-0.05, 0) is 39.8 Å². The summed E-state index contributed by atoms with van der Waals surface area (Å²) in [6.07, 6.45) is 0. The molecule has 136 valence electrons. The van der Waals surface area contributed by atoms with Crippen LogP contribution in [0.15, 0.2) is 35.2 Å². The minimum Gasteiger partial charge on any atom is -0.354 e. The molecule has 0 bridgehead atoms. The number of carbonyl (C=O) groups excluding carboxylic acids is 1. The third-order valence-electron chi connectivity index (χ3n) is 3.84. The van der Waals surface area contributed by atoms with E-state index >= 15 is 0 Å². The van der Waals surface area contributed by atoms with E-state index in [2.05, 4.69) is 37.9 Å². The number of amides is 1. The first-order valence-corrected chi connectivity index (χ1v) is 9.64. The first kappa shape index (κ1) is 20.6. The Balaban J connectivity index is 2.53. The van der Waals surface area contributed by atoms with Crippen LogP contribution in [0.4, 0.5) is 0 Å². The van der Waals surface area contributed by atoms with Crippen LogP contribution in [0.1, 0.15) is 27.7 Å². The molecule has 0 fully saturated rings. The molecule has 1 amide bonds. The van der Waals surface area contributed by atoms with Crippen molar-refractivity contribution in [3.63, 3.8) is 0 Å². The van der Waals surface area contributed by atoms with E-state index in [1.165, 1.54) is 19.2 Å². The van der Waals surface area contributed by atoms with E-state index in [0.717, 1.165) is 10.8 Å². The minimum absolute atomic E-state index is 0.186. The Morgan fingerprint density at radius 1 is 1.08 bits per heavy atom. The average molecular weight is 356 g/mol. The molecule has 24 heavy (non-hydrogen) atoms. The zero-order chi connectivity index (χ0) is 18.3. The van der Waals surface area contributed by atoms with E-state index in [4.69, 9.17) is 0 Å². The number of carbonyl (C=O) groups is 1. The Labute approximate surface area is 145 Å². The molecule has 1 N–H and O–H groups in total. The summed E-state index contributed by atoms with van der Waals surface area (Å²) in [5.41, 5.74) is 0. The van der Waals surface area contributed by atoms with Crippen LogP contribution < -0.4 is 5.32 Å². The molecule has 0 spiro atoms. The van der Waals surface area contributed by atoms with Crippen LogP contribution in [0.5, 0.6) is 0 Å². The Hall–Kier alpha value is -1.44. The van der Waals surface area contributed by atoms with Crippen LogP contribution >= 0.6 is 0 Å². The Morgan fingerprint density at radius 3 is 2.12 bits per heavy atom. The first-order chi connectivity index (χ1) is 11.2. The molecule has 1 aromatic rings. The second-order valence-corrected chi connectivity index (χ2v) is 8.39. The number of likely N-dealkylation sites (N-methyl/N-ethyl adjacent to an activating group) is 1. The quantitative estimate of drug-likeness (QED) is 0.729. The van der Waals surface area contributed by atoms with Gasteiger partial charge in [0, 0.05) is 32.2 Å². The summed E-state index contributed by atoms with van der Waals surface area (Å²) in [6, 6.07) is 8.90. The predicted octanol–water partition coefficient (Wildman–Crippen LogP) is 1.54. The van der Waals surface area contributed by atoms with Crippen molar-refractivity contribution in [2.75, 3.05) is 26.7 Å². The van der Waals surface area contributed by atoms with Gasteiger partial charge < -0.3 is 5.32 Å². The fourth-order valence-corrected chi connectivity index (χ4v) is 3.70. The van der Waals surface area contributed by atoms with Gasteiger partial charge in [-0.25, -0.2) is 8.42 Å². The lowest BCUT2D eigenvalue weighted by atomic mass is 10.2. The van der Waals surface area contributed by atoms with Crippen LogP contribution in [0.25, 0.3) is 0 Å². The van der Waals surface area contributed by atoms with Crippen LogP contribution in [-0.4, -0.2) is 62.3 Å². The minimum atomic E-state index is -3.64. The standard InChI is InChI=1S/C17H29N3O3S/c1-14(2)20(15(3)4)12-11-18-17(21)13-19(5)24(22,23)16-9-7-6-8-10-16/h6-10,14-15H,11-13H2,1-5H3,(H,18,21). The lowest BCUT2D eigenvalue weighted by Crippen LogP contribution is -2.44. The highest BCUT2D eigenvalue weighted by molar-refractivity contribution is 7.89. The van der Waals surface area contributed by atoms with E-state index in [1.807, 2.05) is 0 Å². The molecule has 1 rings (SSSR count). The Morgan fingerprint density at radius 2 is 1.62 bits per heavy atom. The average Bonchev–Trinajstić information content (AvgIpc) is 2.51. The summed E-state index contributed by atoms with van der Waals surface area (Å²) < 4.78 is 25.8. The molecule has 0 heterocycles. The number of rotatable bonds is 9. The molecule has 0 saturated heterocycles. The van der Waals surface area contributed by atoms with Gasteiger partial charge in [0.25, 0.3) is 0 Å². The zero-order valence-corrected chi connectivity index (χ0v) is 16.0. The maximum atomic E-state index is 12.4. The maximum absolute atomic E-state index is 12.4. The second-order valence-electron chi connectivity index (χ2n) is 6.35. The van der Waals surface area contributed by atoms with Gasteiger partial charge in [-0.15, -0.1) is 0 Å². The van der Waals surface area contributed by atoms with Gasteiger partial charge in [-0.1, -0.05) is 18.2 Å². The van der Waals surface area contributed by atoms with Crippen molar-refractivity contribution >= 4 is 15.9 Å². The molecule has 7 heteroatoms. The molecule has 0 aliphatic heterocycles. The van der Waals surface area contributed by atoms with Crippen LogP contribution in [0, 0.1) is 0 Å². The van der Waals surface area contributed by atoms with Gasteiger partial charge >= 0.3 is 0 Å². The van der Waals surface area contributed by atoms with Crippen LogP contribution in [0.3, 0.4) is 0 Å². The molecular formula is C17H29N3O3S. The van der Waals surface area contributed by atoms with Crippen molar-refractivity contribution < 1.29 is 13.2 Å². The fourth-order valence-electron chi connectivity index (χ4n) is 2.55. The Kier molecular flexibility index (Phi) is 7.86. The van der Waals surface area contributed by atoms with Crippen LogP contribution in [0.2, 0.25) is 0 Å². The van der Waals surface area contributed by atoms with E-state index in [9.17, 15) is 13.2 Å². The number of hydrogen-bond acceptors (Lipinski definition) is 4. The van der Waals surface area contributed by atoms with E-state index in [0.29, 0.717) is 18.6 Å². The summed E-state index contributed by atoms with van der Waals surface area (Å²) >= 11 is 0. The van der Waals surface area contributed by atoms with Crippen molar-refractivity contribution in [3.05, 3.63) is 30.3 Å². The zero-order valence-electron chi connectivity index (χ0n) is 15.2. The summed E-state index contributed by atoms with van der Waals surface area (Å²) in [7, 11) is -2.23. The van der Waals surface area contributed by atoms with Crippen molar-refractivity contribution in [3.8, 4) is 0 Å². The molecule has 0 aliphatic carbocycles. The molecule has 0 unspecified atom stereocenters. The number of hydrogen-bond donors (Lipinski definition) is 1. The summed E-state index contributed by atoms with van der Waals surface area (Å²) in [6.45, 7) is 9.49. The molecule has 0 saturated carbocycles. The fraction of sp³-hybridized carbons (Fsp3) is 0.588. The predicted molar refractivity (Wildman–Crippen MR) is 96.2 cm³/mol. The van der Waals surface area contributed by atoms with Gasteiger partial charge in [0.2, 0.25) is 15.9 Å². The smallest absolute Gasteiger partial charge is 0.243 e. The molecule has 0 aromatic heterocycles. The maximum Gasteiger partial charge on any atom is 0.243 e. The van der Waals surface area contributed by atoms with E-state index in [1.54, 1.807) is 18.2 Å². The highest BCUT2D eigenvalue weighted by atomic mass is 32.2. The van der Waals surface area contributed by atoms with Crippen molar-refractivity contribution in [1.29, 1.82) is 0 Å². The molecule has 0 atom stereocenters. The second kappa shape index (κ2) is 9.15. The summed E-state index contributed by atoms with van der Waals surface area (Å²) in [5.74, 6) is -0.301. The molecular weight excluding hydrogens is 326 g/mol. The first-order valence-electron chi connectivity index (χ1n) is 8.20. The summed E-state index contributed by atoms with van der Waals surface area (Å²) in [5, 5.41) is 2.79. The number of nitrogens with zero attached hydrogens (tertiary/aromatic N) is 2. The SMILES string of the molecule is CC(C)N(CCNC(=O)CN(C)S(=O)(=O)c1ccccc1)C(C)C. The van der Waals surface area contributed by atoms with Gasteiger partial charge in [-0.3, -0.25) is 9.69 Å². The molecule has 0 aliphatic rings. The van der Waals surface area contributed by atoms with Crippen molar-refractivity contribution in [2.45, 2.75) is 44.7 Å². The van der Waals surface area contributed by atoms with E-state index < -0.39 is 10.0 Å². The van der Waals surface area contributed by atoms with Gasteiger partial charge in [0.05, 0.1) is 11.4 Å². The highest BCUT2D eigenvalue weighted by Crippen LogP contribution is 2.12. The molecule has 1 aromatic carbocycles. The van der Waals surface area contributed by atoms with E-state index in [-0.39, 0.29) is 17.3 Å². The van der Waals surface area contributed by atoms with Crippen LogP contribution in [-0.2, 0) is 14.8 Å². The van der Waals surface area contributed by atoms with Crippen molar-refractivity contribution in [2.24, 2.45) is 0 Å². The number of sulfonamides is 1. The highest BCUT2D eigenvalue weighted by Gasteiger charge is 2.22. The van der Waals surface area contributed by atoms with Gasteiger partial charge in [-0.2, -0.15) is 4.31 Å². The van der Waals surface area contributed by atoms with Gasteiger partial charge in [0.15, 0.2) is 0 Å². The Bertz CT molecular complexity index is 607. The largest absolute Gasteiger partial charge is 0.354 e. The lowest BCUT2D eigenvalue weighted by molar-refractivity contribution is -0.121. The number of benzene rings is 1. The normalized spacial score (nSPS) is 12.4. The third kappa shape index (κ3) is 5.89. The van der Waals surface area contributed by atoms with Crippen molar-refractivity contribution in [1.82, 2.24) is 14.5 Å². The topological polar surface area (TPSA) is 69.7 Å². The lowest BCUT2D eigenvalue weighted by Gasteiger charge is -2.30. The number of nitrogens with one attached hydrogen (secondary N) is 1. The monoisotopic (exact) mass is 355 g/mol. The molecule has 0 radical (unpaired) electrons. The third-order valence-corrected chi connectivity index (χ3v) is 5.65. The summed E-state index contributed by atoms with van der Waals surface area (Å²) in [4.78, 5) is 14.5. The van der Waals surface area contributed by atoms with Gasteiger partial charge in [0.1, 0.15) is 0 Å².